The molecule has 1 aromatic rings. The van der Waals surface area contributed by atoms with E-state index in [1.807, 2.05) is 0 Å². The molecule has 0 saturated heterocycles. The van der Waals surface area contributed by atoms with E-state index in [1.54, 1.807) is 0 Å². The normalized spacial score (nSPS) is 39.5. The topological polar surface area (TPSA) is 6.48 Å². The summed E-state index contributed by atoms with van der Waals surface area (Å²) in [5, 5.41) is 0. The highest BCUT2D eigenvalue weighted by molar-refractivity contribution is 5.75. The summed E-state index contributed by atoms with van der Waals surface area (Å²) < 4.78 is 0. The third-order valence-corrected chi connectivity index (χ3v) is 5.56. The minimum Gasteiger partial charge on any atom is -0.358 e. The third-order valence-electron chi connectivity index (χ3n) is 5.56. The lowest BCUT2D eigenvalue weighted by Crippen LogP contribution is -2.49. The monoisotopic (exact) mass is 238 g/mol. The molecule has 1 aliphatic carbocycles. The summed E-state index contributed by atoms with van der Waals surface area (Å²) in [6.45, 7) is 9.07. The number of hydrogen-bond acceptors (Lipinski definition) is 2. The number of fused-ring (bicyclic) bond motifs is 6. The molecule has 4 rings (SSSR count). The first-order valence-corrected chi connectivity index (χ1v) is 6.51. The van der Waals surface area contributed by atoms with E-state index in [0.29, 0.717) is 6.17 Å². The number of hydrogen-bond donors (Lipinski definition) is 0. The van der Waals surface area contributed by atoms with Crippen LogP contribution in [0.15, 0.2) is 48.8 Å². The van der Waals surface area contributed by atoms with E-state index in [1.165, 1.54) is 16.8 Å². The molecule has 0 amide bonds. The van der Waals surface area contributed by atoms with Gasteiger partial charge in [-0.05, 0) is 11.6 Å². The Morgan fingerprint density at radius 3 is 2.67 bits per heavy atom. The van der Waals surface area contributed by atoms with Gasteiger partial charge in [0, 0.05) is 36.0 Å². The Hall–Kier alpha value is -1.70. The molecule has 1 saturated carbocycles. The van der Waals surface area contributed by atoms with Crippen molar-refractivity contribution in [2.24, 2.45) is 5.41 Å². The first kappa shape index (κ1) is 10.2. The molecule has 92 valence electrons. The van der Waals surface area contributed by atoms with E-state index in [9.17, 15) is 0 Å². The summed E-state index contributed by atoms with van der Waals surface area (Å²) in [5.41, 5.74) is 4.41. The summed E-state index contributed by atoms with van der Waals surface area (Å²) in [5.74, 6) is 0. The zero-order chi connectivity index (χ0) is 12.7. The number of nitrogens with zero attached hydrogens (tertiary/aromatic N) is 2. The third kappa shape index (κ3) is 0.770. The van der Waals surface area contributed by atoms with Gasteiger partial charge in [0.25, 0.3) is 0 Å². The van der Waals surface area contributed by atoms with Crippen LogP contribution < -0.4 is 4.90 Å². The Balaban J connectivity index is 2.03. The Bertz CT molecular complexity index is 603. The van der Waals surface area contributed by atoms with Crippen molar-refractivity contribution in [1.29, 1.82) is 0 Å². The van der Waals surface area contributed by atoms with E-state index in [-0.39, 0.29) is 10.8 Å². The summed E-state index contributed by atoms with van der Waals surface area (Å²) in [6, 6.07) is 8.75. The van der Waals surface area contributed by atoms with Crippen LogP contribution in [0.4, 0.5) is 5.69 Å². The van der Waals surface area contributed by atoms with Crippen LogP contribution in [-0.2, 0) is 5.41 Å². The zero-order valence-electron chi connectivity index (χ0n) is 11.1. The van der Waals surface area contributed by atoms with Gasteiger partial charge in [-0.1, -0.05) is 44.2 Å². The Morgan fingerprint density at radius 2 is 1.89 bits per heavy atom. The highest BCUT2D eigenvalue weighted by atomic mass is 15.4. The SMILES string of the molecule is C=C1C2(C)c3ccccc3N3C=CN(C)C3C12C. The Labute approximate surface area is 108 Å². The average Bonchev–Trinajstić information content (AvgIpc) is 2.71. The van der Waals surface area contributed by atoms with Gasteiger partial charge < -0.3 is 9.80 Å². The second-order valence-corrected chi connectivity index (χ2v) is 6.07. The fraction of sp³-hybridized carbons (Fsp3) is 0.375. The number of rotatable bonds is 0. The predicted molar refractivity (Wildman–Crippen MR) is 74.2 cm³/mol. The van der Waals surface area contributed by atoms with Crippen LogP contribution in [0.2, 0.25) is 0 Å². The predicted octanol–water partition coefficient (Wildman–Crippen LogP) is 3.08. The van der Waals surface area contributed by atoms with Crippen LogP contribution in [0.25, 0.3) is 0 Å². The molecule has 0 N–H and O–H groups in total. The van der Waals surface area contributed by atoms with Gasteiger partial charge in [-0.2, -0.15) is 0 Å². The van der Waals surface area contributed by atoms with Crippen LogP contribution in [0.5, 0.6) is 0 Å². The molecule has 1 aromatic carbocycles. The fourth-order valence-electron chi connectivity index (χ4n) is 4.22. The summed E-state index contributed by atoms with van der Waals surface area (Å²) in [7, 11) is 2.16. The zero-order valence-corrected chi connectivity index (χ0v) is 11.1. The van der Waals surface area contributed by atoms with Gasteiger partial charge in [0.05, 0.1) is 0 Å². The lowest BCUT2D eigenvalue weighted by atomic mass is 9.81. The van der Waals surface area contributed by atoms with Crippen molar-refractivity contribution < 1.29 is 0 Å². The lowest BCUT2D eigenvalue weighted by molar-refractivity contribution is 0.225. The van der Waals surface area contributed by atoms with Gasteiger partial charge in [0.2, 0.25) is 0 Å². The van der Waals surface area contributed by atoms with E-state index in [0.717, 1.165) is 0 Å². The Morgan fingerprint density at radius 1 is 1.17 bits per heavy atom. The number of anilines is 1. The molecule has 0 aromatic heterocycles. The molecule has 2 nitrogen and oxygen atoms in total. The molecule has 3 aliphatic rings. The maximum atomic E-state index is 4.37. The van der Waals surface area contributed by atoms with Crippen LogP contribution in [0, 0.1) is 5.41 Å². The van der Waals surface area contributed by atoms with Crippen molar-refractivity contribution in [2.75, 3.05) is 11.9 Å². The second-order valence-electron chi connectivity index (χ2n) is 6.07. The molecule has 18 heavy (non-hydrogen) atoms. The van der Waals surface area contributed by atoms with Gasteiger partial charge in [-0.25, -0.2) is 0 Å². The van der Waals surface area contributed by atoms with E-state index in [2.05, 4.69) is 73.9 Å². The van der Waals surface area contributed by atoms with Crippen molar-refractivity contribution in [1.82, 2.24) is 4.90 Å². The molecule has 2 heterocycles. The maximum absolute atomic E-state index is 4.37. The quantitative estimate of drug-likeness (QED) is 0.641. The fourth-order valence-corrected chi connectivity index (χ4v) is 4.22. The van der Waals surface area contributed by atoms with E-state index >= 15 is 0 Å². The standard InChI is InChI=1S/C16H18N2/c1-11-15(2)12-7-5-6-8-13(12)18-10-9-17(4)14(18)16(11,15)3/h5-10,14H,1H2,2-4H3. The van der Waals surface area contributed by atoms with Crippen molar-refractivity contribution in [3.8, 4) is 0 Å². The molecule has 2 aliphatic heterocycles. The van der Waals surface area contributed by atoms with Crippen molar-refractivity contribution in [3.63, 3.8) is 0 Å². The van der Waals surface area contributed by atoms with Gasteiger partial charge in [-0.15, -0.1) is 0 Å². The van der Waals surface area contributed by atoms with Crippen LogP contribution in [0.1, 0.15) is 19.4 Å². The summed E-state index contributed by atoms with van der Waals surface area (Å²) >= 11 is 0. The molecule has 0 radical (unpaired) electrons. The molecule has 2 heteroatoms. The molecule has 1 fully saturated rings. The van der Waals surface area contributed by atoms with Gasteiger partial charge in [0.15, 0.2) is 0 Å². The summed E-state index contributed by atoms with van der Waals surface area (Å²) in [6.07, 6.45) is 4.74. The van der Waals surface area contributed by atoms with E-state index < -0.39 is 0 Å². The van der Waals surface area contributed by atoms with Crippen molar-refractivity contribution in [2.45, 2.75) is 25.4 Å². The summed E-state index contributed by atoms with van der Waals surface area (Å²) in [4.78, 5) is 4.71. The van der Waals surface area contributed by atoms with Crippen LogP contribution in [0.3, 0.4) is 0 Å². The lowest BCUT2D eigenvalue weighted by Gasteiger charge is -2.42. The highest BCUT2D eigenvalue weighted by Crippen LogP contribution is 2.75. The Kier molecular flexibility index (Phi) is 1.51. The first-order chi connectivity index (χ1) is 8.53. The number of para-hydroxylation sites is 1. The average molecular weight is 238 g/mol. The molecule has 0 bridgehead atoms. The molecule has 0 spiro atoms. The minimum atomic E-state index is 0.130. The molecule has 3 unspecified atom stereocenters. The van der Waals surface area contributed by atoms with Crippen LogP contribution >= 0.6 is 0 Å². The maximum Gasteiger partial charge on any atom is 0.115 e. The van der Waals surface area contributed by atoms with E-state index in [4.69, 9.17) is 0 Å². The molecular weight excluding hydrogens is 220 g/mol. The highest BCUT2D eigenvalue weighted by Gasteiger charge is 2.74. The second kappa shape index (κ2) is 2.66. The molecule has 3 atom stereocenters. The smallest absolute Gasteiger partial charge is 0.115 e. The van der Waals surface area contributed by atoms with Gasteiger partial charge in [-0.3, -0.25) is 0 Å². The van der Waals surface area contributed by atoms with Crippen molar-refractivity contribution >= 4 is 5.69 Å². The molecular formula is C16H18N2. The largest absolute Gasteiger partial charge is 0.358 e. The van der Waals surface area contributed by atoms with Crippen molar-refractivity contribution in [3.05, 3.63) is 54.4 Å². The minimum absolute atomic E-state index is 0.130. The van der Waals surface area contributed by atoms with Gasteiger partial charge in [0.1, 0.15) is 6.17 Å². The van der Waals surface area contributed by atoms with Gasteiger partial charge >= 0.3 is 0 Å². The first-order valence-electron chi connectivity index (χ1n) is 6.51. The number of benzene rings is 1. The van der Waals surface area contributed by atoms with Crippen LogP contribution in [-0.4, -0.2) is 18.1 Å².